The molecule has 146 valence electrons. The second kappa shape index (κ2) is 10.6. The van der Waals surface area contributed by atoms with Gasteiger partial charge in [0.05, 0.1) is 20.3 Å². The zero-order valence-electron chi connectivity index (χ0n) is 16.5. The lowest BCUT2D eigenvalue weighted by Gasteiger charge is -2.22. The van der Waals surface area contributed by atoms with E-state index in [9.17, 15) is 4.79 Å². The summed E-state index contributed by atoms with van der Waals surface area (Å²) >= 11 is 0. The van der Waals surface area contributed by atoms with Crippen LogP contribution in [0.3, 0.4) is 0 Å². The fourth-order valence-electron chi connectivity index (χ4n) is 2.69. The van der Waals surface area contributed by atoms with E-state index in [1.54, 1.807) is 21.1 Å². The molecule has 5 nitrogen and oxygen atoms in total. The Hall–Kier alpha value is -2.53. The van der Waals surface area contributed by atoms with Gasteiger partial charge in [-0.1, -0.05) is 37.6 Å². The number of hydrogen-bond acceptors (Lipinski definition) is 4. The van der Waals surface area contributed by atoms with E-state index in [-0.39, 0.29) is 11.9 Å². The van der Waals surface area contributed by atoms with Crippen LogP contribution in [-0.4, -0.2) is 32.8 Å². The highest BCUT2D eigenvalue weighted by Gasteiger charge is 2.21. The zero-order chi connectivity index (χ0) is 19.6. The number of hydrogen-bond donors (Lipinski definition) is 1. The predicted octanol–water partition coefficient (Wildman–Crippen LogP) is 4.11. The maximum absolute atomic E-state index is 12.7. The Balaban J connectivity index is 2.21. The van der Waals surface area contributed by atoms with E-state index in [4.69, 9.17) is 14.2 Å². The summed E-state index contributed by atoms with van der Waals surface area (Å²) in [6.07, 6.45) is 1.47. The molecule has 0 heterocycles. The lowest BCUT2D eigenvalue weighted by Crippen LogP contribution is -2.37. The third kappa shape index (κ3) is 6.00. The second-order valence-corrected chi connectivity index (χ2v) is 6.35. The van der Waals surface area contributed by atoms with Crippen molar-refractivity contribution in [3.05, 3.63) is 59.7 Å². The summed E-state index contributed by atoms with van der Waals surface area (Å²) in [6.45, 7) is 4.46. The Morgan fingerprint density at radius 1 is 0.926 bits per heavy atom. The van der Waals surface area contributed by atoms with Crippen molar-refractivity contribution in [2.75, 3.05) is 20.8 Å². The molecule has 1 N–H and O–H groups in total. The van der Waals surface area contributed by atoms with Crippen LogP contribution in [0.15, 0.2) is 48.5 Å². The summed E-state index contributed by atoms with van der Waals surface area (Å²) in [6, 6.07) is 15.1. The number of unbranched alkanes of at least 4 members (excludes halogenated alkanes) is 1. The van der Waals surface area contributed by atoms with Crippen molar-refractivity contribution in [3.8, 4) is 11.5 Å². The zero-order valence-corrected chi connectivity index (χ0v) is 16.5. The molecule has 27 heavy (non-hydrogen) atoms. The Morgan fingerprint density at radius 3 is 1.81 bits per heavy atom. The monoisotopic (exact) mass is 371 g/mol. The van der Waals surface area contributed by atoms with Crippen LogP contribution >= 0.6 is 0 Å². The molecule has 0 spiro atoms. The molecule has 0 bridgehead atoms. The molecule has 0 aliphatic heterocycles. The van der Waals surface area contributed by atoms with Crippen molar-refractivity contribution >= 4 is 5.91 Å². The van der Waals surface area contributed by atoms with Crippen molar-refractivity contribution in [3.63, 3.8) is 0 Å². The molecule has 2 aromatic carbocycles. The standard InChI is InChI=1S/C22H29NO4/c1-5-6-15-27-16(2)22(24)23-21(17-7-11-19(25-3)12-8-17)18-9-13-20(26-4)14-10-18/h7-14,16,21H,5-6,15H2,1-4H3,(H,23,24). The molecule has 1 atom stereocenters. The molecule has 2 rings (SSSR count). The molecular formula is C22H29NO4. The minimum Gasteiger partial charge on any atom is -0.497 e. The average Bonchev–Trinajstić information content (AvgIpc) is 2.72. The van der Waals surface area contributed by atoms with Crippen LogP contribution in [0, 0.1) is 0 Å². The molecule has 0 fully saturated rings. The SMILES string of the molecule is CCCCOC(C)C(=O)NC(c1ccc(OC)cc1)c1ccc(OC)cc1. The van der Waals surface area contributed by atoms with Gasteiger partial charge in [0.25, 0.3) is 0 Å². The van der Waals surface area contributed by atoms with Crippen molar-refractivity contribution in [2.24, 2.45) is 0 Å². The van der Waals surface area contributed by atoms with Gasteiger partial charge in [-0.2, -0.15) is 0 Å². The van der Waals surface area contributed by atoms with Gasteiger partial charge in [-0.3, -0.25) is 4.79 Å². The molecule has 1 amide bonds. The summed E-state index contributed by atoms with van der Waals surface area (Å²) in [7, 11) is 3.26. The molecular weight excluding hydrogens is 342 g/mol. The van der Waals surface area contributed by atoms with Gasteiger partial charge in [-0.15, -0.1) is 0 Å². The summed E-state index contributed by atoms with van der Waals surface area (Å²) in [5, 5.41) is 3.11. The molecule has 5 heteroatoms. The number of amides is 1. The highest BCUT2D eigenvalue weighted by molar-refractivity contribution is 5.81. The van der Waals surface area contributed by atoms with Crippen molar-refractivity contribution in [1.82, 2.24) is 5.32 Å². The molecule has 0 aromatic heterocycles. The van der Waals surface area contributed by atoms with Crippen LogP contribution in [-0.2, 0) is 9.53 Å². The van der Waals surface area contributed by atoms with Gasteiger partial charge in [0, 0.05) is 6.61 Å². The van der Waals surface area contributed by atoms with Gasteiger partial charge >= 0.3 is 0 Å². The average molecular weight is 371 g/mol. The first-order chi connectivity index (χ1) is 13.1. The van der Waals surface area contributed by atoms with Gasteiger partial charge in [-0.05, 0) is 48.7 Å². The predicted molar refractivity (Wildman–Crippen MR) is 106 cm³/mol. The summed E-state index contributed by atoms with van der Waals surface area (Å²) < 4.78 is 16.1. The van der Waals surface area contributed by atoms with Crippen LogP contribution < -0.4 is 14.8 Å². The van der Waals surface area contributed by atoms with Crippen LogP contribution in [0.25, 0.3) is 0 Å². The van der Waals surface area contributed by atoms with E-state index in [1.165, 1.54) is 0 Å². The first-order valence-electron chi connectivity index (χ1n) is 9.29. The normalized spacial score (nSPS) is 11.9. The largest absolute Gasteiger partial charge is 0.497 e. The molecule has 2 aromatic rings. The van der Waals surface area contributed by atoms with E-state index in [1.807, 2.05) is 48.5 Å². The van der Waals surface area contributed by atoms with Gasteiger partial charge in [0.2, 0.25) is 5.91 Å². The van der Waals surface area contributed by atoms with Gasteiger partial charge < -0.3 is 19.5 Å². The van der Waals surface area contributed by atoms with Crippen molar-refractivity contribution < 1.29 is 19.0 Å². The molecule has 0 saturated carbocycles. The van der Waals surface area contributed by atoms with Crippen molar-refractivity contribution in [2.45, 2.75) is 38.8 Å². The van der Waals surface area contributed by atoms with E-state index in [2.05, 4.69) is 12.2 Å². The Kier molecular flexibility index (Phi) is 8.14. The first-order valence-corrected chi connectivity index (χ1v) is 9.29. The molecule has 0 radical (unpaired) electrons. The van der Waals surface area contributed by atoms with Crippen LogP contribution in [0.2, 0.25) is 0 Å². The third-order valence-electron chi connectivity index (χ3n) is 4.42. The Morgan fingerprint density at radius 2 is 1.41 bits per heavy atom. The van der Waals surface area contributed by atoms with E-state index >= 15 is 0 Å². The lowest BCUT2D eigenvalue weighted by atomic mass is 9.98. The van der Waals surface area contributed by atoms with Crippen LogP contribution in [0.5, 0.6) is 11.5 Å². The highest BCUT2D eigenvalue weighted by atomic mass is 16.5. The van der Waals surface area contributed by atoms with E-state index in [0.717, 1.165) is 35.5 Å². The lowest BCUT2D eigenvalue weighted by molar-refractivity contribution is -0.132. The van der Waals surface area contributed by atoms with Crippen LogP contribution in [0.1, 0.15) is 43.9 Å². The van der Waals surface area contributed by atoms with E-state index < -0.39 is 6.10 Å². The number of carbonyl (C=O) groups is 1. The Labute approximate surface area is 161 Å². The smallest absolute Gasteiger partial charge is 0.249 e. The summed E-state index contributed by atoms with van der Waals surface area (Å²) in [4.78, 5) is 12.7. The summed E-state index contributed by atoms with van der Waals surface area (Å²) in [5.41, 5.74) is 1.94. The number of benzene rings is 2. The first kappa shape index (κ1) is 20.8. The quantitative estimate of drug-likeness (QED) is 0.639. The fraction of sp³-hybridized carbons (Fsp3) is 0.409. The van der Waals surface area contributed by atoms with Gasteiger partial charge in [0.15, 0.2) is 0 Å². The fourth-order valence-corrected chi connectivity index (χ4v) is 2.69. The Bertz CT molecular complexity index is 650. The van der Waals surface area contributed by atoms with Gasteiger partial charge in [0.1, 0.15) is 17.6 Å². The maximum Gasteiger partial charge on any atom is 0.249 e. The highest BCUT2D eigenvalue weighted by Crippen LogP contribution is 2.26. The molecule has 1 unspecified atom stereocenters. The molecule has 0 aliphatic carbocycles. The number of methoxy groups -OCH3 is 2. The van der Waals surface area contributed by atoms with Crippen LogP contribution in [0.4, 0.5) is 0 Å². The second-order valence-electron chi connectivity index (χ2n) is 6.35. The number of rotatable bonds is 10. The maximum atomic E-state index is 12.7. The molecule has 0 saturated heterocycles. The number of ether oxygens (including phenoxy) is 3. The number of carbonyl (C=O) groups excluding carboxylic acids is 1. The third-order valence-corrected chi connectivity index (χ3v) is 4.42. The molecule has 0 aliphatic rings. The summed E-state index contributed by atoms with van der Waals surface area (Å²) in [5.74, 6) is 1.41. The minimum atomic E-state index is -0.504. The van der Waals surface area contributed by atoms with Crippen molar-refractivity contribution in [1.29, 1.82) is 0 Å². The number of nitrogens with one attached hydrogen (secondary N) is 1. The van der Waals surface area contributed by atoms with Gasteiger partial charge in [-0.25, -0.2) is 0 Å². The van der Waals surface area contributed by atoms with E-state index in [0.29, 0.717) is 6.61 Å². The minimum absolute atomic E-state index is 0.136. The topological polar surface area (TPSA) is 56.8 Å².